The predicted molar refractivity (Wildman–Crippen MR) is 127 cm³/mol. The summed E-state index contributed by atoms with van der Waals surface area (Å²) >= 11 is 0. The van der Waals surface area contributed by atoms with Gasteiger partial charge in [0.15, 0.2) is 0 Å². The highest BCUT2D eigenvalue weighted by Gasteiger charge is 2.51. The number of carbonyl (C=O) groups excluding carboxylic acids is 1. The van der Waals surface area contributed by atoms with Gasteiger partial charge in [-0.05, 0) is 69.3 Å². The van der Waals surface area contributed by atoms with Gasteiger partial charge in [0.05, 0.1) is 18.6 Å². The first-order chi connectivity index (χ1) is 16.0. The fraction of sp³-hybridized carbons (Fsp3) is 0.536. The largest absolute Gasteiger partial charge is 0.466 e. The standard InChI is InChI=1S/C28H36FNO3/c1-4-6-17-30-23-15-16-24(30)26(28(31)32-5-2)25(18-23)33-27(20-9-7-19(3)8-10-20)21-11-13-22(29)14-12-21/h7-14,23-27H,4-6,15-18H2,1-3H3/t23?,24?,25-,26+,27?/m0/s1. The van der Waals surface area contributed by atoms with Crippen molar-refractivity contribution >= 4 is 5.97 Å². The van der Waals surface area contributed by atoms with Crippen molar-refractivity contribution in [2.75, 3.05) is 13.2 Å². The summed E-state index contributed by atoms with van der Waals surface area (Å²) in [4.78, 5) is 15.7. The van der Waals surface area contributed by atoms with Crippen LogP contribution < -0.4 is 0 Å². The molecule has 5 heteroatoms. The van der Waals surface area contributed by atoms with Gasteiger partial charge in [0.25, 0.3) is 0 Å². The first-order valence-corrected chi connectivity index (χ1v) is 12.4. The number of hydrogen-bond acceptors (Lipinski definition) is 4. The van der Waals surface area contributed by atoms with Gasteiger partial charge in [-0.2, -0.15) is 0 Å². The SMILES string of the molecule is CCCCN1C2CCC1[C@@H](C(=O)OCC)[C@@H](OC(c1ccc(C)cc1)c1ccc(F)cc1)C2. The van der Waals surface area contributed by atoms with E-state index in [9.17, 15) is 9.18 Å². The normalized spacial score (nSPS) is 25.7. The molecule has 5 atom stereocenters. The maximum atomic E-state index is 13.7. The predicted octanol–water partition coefficient (Wildman–Crippen LogP) is 5.82. The van der Waals surface area contributed by atoms with Gasteiger partial charge in [-0.1, -0.05) is 55.3 Å². The lowest BCUT2D eigenvalue weighted by Crippen LogP contribution is -2.55. The Hall–Kier alpha value is -2.24. The summed E-state index contributed by atoms with van der Waals surface area (Å²) in [5.74, 6) is -0.738. The molecule has 0 N–H and O–H groups in total. The number of benzene rings is 2. The minimum Gasteiger partial charge on any atom is -0.466 e. The number of aryl methyl sites for hydroxylation is 1. The van der Waals surface area contributed by atoms with Crippen LogP contribution in [0, 0.1) is 18.7 Å². The summed E-state index contributed by atoms with van der Waals surface area (Å²) in [7, 11) is 0. The molecule has 2 aliphatic rings. The van der Waals surface area contributed by atoms with E-state index >= 15 is 0 Å². The number of esters is 1. The fourth-order valence-corrected chi connectivity index (χ4v) is 5.55. The molecule has 2 aromatic carbocycles. The molecule has 0 aliphatic carbocycles. The van der Waals surface area contributed by atoms with Crippen LogP contribution in [0.5, 0.6) is 0 Å². The van der Waals surface area contributed by atoms with E-state index < -0.39 is 0 Å². The van der Waals surface area contributed by atoms with Crippen molar-refractivity contribution in [2.24, 2.45) is 5.92 Å². The van der Waals surface area contributed by atoms with Crippen LogP contribution in [0.25, 0.3) is 0 Å². The molecular formula is C28H36FNO3. The molecule has 2 aromatic rings. The van der Waals surface area contributed by atoms with Crippen molar-refractivity contribution in [3.8, 4) is 0 Å². The first kappa shape index (κ1) is 23.9. The van der Waals surface area contributed by atoms with Crippen molar-refractivity contribution < 1.29 is 18.7 Å². The summed E-state index contributed by atoms with van der Waals surface area (Å²) in [5, 5.41) is 0. The molecule has 2 bridgehead atoms. The Morgan fingerprint density at radius 1 is 1.06 bits per heavy atom. The fourth-order valence-electron chi connectivity index (χ4n) is 5.55. The molecule has 0 saturated carbocycles. The monoisotopic (exact) mass is 453 g/mol. The van der Waals surface area contributed by atoms with E-state index in [0.717, 1.165) is 49.8 Å². The van der Waals surface area contributed by atoms with Crippen molar-refractivity contribution in [1.82, 2.24) is 4.90 Å². The molecule has 4 nitrogen and oxygen atoms in total. The summed E-state index contributed by atoms with van der Waals surface area (Å²) in [5.41, 5.74) is 3.07. The maximum Gasteiger partial charge on any atom is 0.313 e. The number of hydrogen-bond donors (Lipinski definition) is 0. The molecule has 2 aliphatic heterocycles. The third-order valence-corrected chi connectivity index (χ3v) is 7.20. The highest BCUT2D eigenvalue weighted by molar-refractivity contribution is 5.74. The highest BCUT2D eigenvalue weighted by atomic mass is 19.1. The average Bonchev–Trinajstić information content (AvgIpc) is 3.09. The zero-order valence-corrected chi connectivity index (χ0v) is 20.0. The third-order valence-electron chi connectivity index (χ3n) is 7.20. The van der Waals surface area contributed by atoms with E-state index in [-0.39, 0.29) is 36.0 Å². The number of halogens is 1. The Kier molecular flexibility index (Phi) is 7.82. The average molecular weight is 454 g/mol. The molecule has 3 unspecified atom stereocenters. The quantitative estimate of drug-likeness (QED) is 0.448. The minimum atomic E-state index is -0.366. The van der Waals surface area contributed by atoms with Crippen LogP contribution in [-0.4, -0.2) is 42.2 Å². The Balaban J connectivity index is 1.65. The molecule has 0 aromatic heterocycles. The Morgan fingerprint density at radius 3 is 2.36 bits per heavy atom. The van der Waals surface area contributed by atoms with Crippen LogP contribution in [0.4, 0.5) is 4.39 Å². The van der Waals surface area contributed by atoms with Crippen LogP contribution in [-0.2, 0) is 14.3 Å². The summed E-state index contributed by atoms with van der Waals surface area (Å²) in [6.07, 6.45) is 4.58. The molecule has 0 radical (unpaired) electrons. The number of unbranched alkanes of at least 4 members (excludes halogenated alkanes) is 1. The second kappa shape index (κ2) is 10.8. The molecule has 2 heterocycles. The lowest BCUT2D eigenvalue weighted by atomic mass is 9.86. The van der Waals surface area contributed by atoms with Gasteiger partial charge < -0.3 is 9.47 Å². The molecule has 4 rings (SSSR count). The minimum absolute atomic E-state index is 0.156. The van der Waals surface area contributed by atoms with Crippen molar-refractivity contribution in [3.05, 3.63) is 71.0 Å². The van der Waals surface area contributed by atoms with E-state index in [1.807, 2.05) is 6.92 Å². The summed E-state index contributed by atoms with van der Waals surface area (Å²) in [6.45, 7) is 7.50. The Labute approximate surface area is 197 Å². The molecule has 0 spiro atoms. The van der Waals surface area contributed by atoms with E-state index in [1.54, 1.807) is 12.1 Å². The maximum absolute atomic E-state index is 13.7. The van der Waals surface area contributed by atoms with E-state index in [2.05, 4.69) is 43.0 Å². The topological polar surface area (TPSA) is 38.8 Å². The molecule has 0 amide bonds. The molecule has 33 heavy (non-hydrogen) atoms. The lowest BCUT2D eigenvalue weighted by molar-refractivity contribution is -0.165. The van der Waals surface area contributed by atoms with E-state index in [0.29, 0.717) is 12.6 Å². The highest BCUT2D eigenvalue weighted by Crippen LogP contribution is 2.43. The van der Waals surface area contributed by atoms with Gasteiger partial charge in [-0.25, -0.2) is 4.39 Å². The Morgan fingerprint density at radius 2 is 1.73 bits per heavy atom. The summed E-state index contributed by atoms with van der Waals surface area (Å²) < 4.78 is 26.0. The zero-order valence-electron chi connectivity index (χ0n) is 20.0. The lowest BCUT2D eigenvalue weighted by Gasteiger charge is -2.44. The van der Waals surface area contributed by atoms with Gasteiger partial charge in [-0.15, -0.1) is 0 Å². The number of nitrogens with zero attached hydrogens (tertiary/aromatic N) is 1. The molecule has 2 fully saturated rings. The third kappa shape index (κ3) is 5.30. The second-order valence-corrected chi connectivity index (χ2v) is 9.42. The first-order valence-electron chi connectivity index (χ1n) is 12.4. The van der Waals surface area contributed by atoms with Gasteiger partial charge in [0.1, 0.15) is 11.9 Å². The van der Waals surface area contributed by atoms with Crippen LogP contribution in [0.15, 0.2) is 48.5 Å². The molecule has 2 saturated heterocycles. The number of carbonyl (C=O) groups is 1. The zero-order chi connectivity index (χ0) is 23.4. The van der Waals surface area contributed by atoms with Crippen LogP contribution in [0.3, 0.4) is 0 Å². The van der Waals surface area contributed by atoms with Crippen molar-refractivity contribution in [3.63, 3.8) is 0 Å². The van der Waals surface area contributed by atoms with Crippen molar-refractivity contribution in [2.45, 2.75) is 77.2 Å². The summed E-state index contributed by atoms with van der Waals surface area (Å²) in [6, 6.07) is 15.4. The Bertz CT molecular complexity index is 868. The number of piperidine rings is 1. The number of fused-ring (bicyclic) bond motifs is 2. The van der Waals surface area contributed by atoms with Gasteiger partial charge in [-0.3, -0.25) is 9.69 Å². The van der Waals surface area contributed by atoms with Gasteiger partial charge in [0, 0.05) is 12.1 Å². The van der Waals surface area contributed by atoms with Crippen molar-refractivity contribution in [1.29, 1.82) is 0 Å². The molecule has 178 valence electrons. The number of ether oxygens (including phenoxy) is 2. The van der Waals surface area contributed by atoms with Gasteiger partial charge >= 0.3 is 5.97 Å². The molecular weight excluding hydrogens is 417 g/mol. The van der Waals surface area contributed by atoms with Crippen LogP contribution >= 0.6 is 0 Å². The smallest absolute Gasteiger partial charge is 0.313 e. The van der Waals surface area contributed by atoms with E-state index in [4.69, 9.17) is 9.47 Å². The van der Waals surface area contributed by atoms with Crippen LogP contribution in [0.2, 0.25) is 0 Å². The van der Waals surface area contributed by atoms with Gasteiger partial charge in [0.2, 0.25) is 0 Å². The van der Waals surface area contributed by atoms with E-state index in [1.165, 1.54) is 17.7 Å². The number of rotatable bonds is 9. The van der Waals surface area contributed by atoms with Crippen LogP contribution in [0.1, 0.15) is 68.7 Å². The second-order valence-electron chi connectivity index (χ2n) is 9.42.